The molecule has 8 heteroatoms. The number of aryl methyl sites for hydroxylation is 2. The molecule has 0 radical (unpaired) electrons. The summed E-state index contributed by atoms with van der Waals surface area (Å²) in [6, 6.07) is 9.21. The quantitative estimate of drug-likeness (QED) is 0.277. The molecule has 0 spiro atoms. The molecule has 2 aromatic heterocycles. The average Bonchev–Trinajstić information content (AvgIpc) is 3.03. The second-order valence-corrected chi connectivity index (χ2v) is 7.26. The number of imidazole rings is 1. The van der Waals surface area contributed by atoms with Crippen molar-refractivity contribution in [2.45, 2.75) is 25.3 Å². The number of thioether (sulfide) groups is 1. The Balaban J connectivity index is 1.86. The van der Waals surface area contributed by atoms with Gasteiger partial charge in [-0.15, -0.1) is 11.8 Å². The Labute approximate surface area is 167 Å². The zero-order valence-electron chi connectivity index (χ0n) is 15.7. The lowest BCUT2D eigenvalue weighted by atomic mass is 10.2. The number of rotatable bonds is 7. The summed E-state index contributed by atoms with van der Waals surface area (Å²) in [5.41, 5.74) is 10.1. The van der Waals surface area contributed by atoms with E-state index in [-0.39, 0.29) is 5.91 Å². The summed E-state index contributed by atoms with van der Waals surface area (Å²) in [6.07, 6.45) is 0.760. The number of pyridine rings is 1. The zero-order chi connectivity index (χ0) is 20.3. The lowest BCUT2D eigenvalue weighted by Crippen LogP contribution is -2.23. The third-order valence-electron chi connectivity index (χ3n) is 4.42. The third kappa shape index (κ3) is 3.69. The molecular weight excluding hydrogens is 374 g/mol. The third-order valence-corrected chi connectivity index (χ3v) is 5.23. The molecule has 2 heterocycles. The minimum Gasteiger partial charge on any atom is -0.348 e. The second kappa shape index (κ2) is 8.37. The van der Waals surface area contributed by atoms with Gasteiger partial charge in [-0.1, -0.05) is 6.07 Å². The SMILES string of the molecule is C=Nc1ccc(CNC(=O)c2ccc(C)n3c(C=O)c(C)nc23)cc1SCN. The van der Waals surface area contributed by atoms with Gasteiger partial charge in [-0.05, 0) is 50.4 Å². The topological polar surface area (TPSA) is 102 Å². The minimum absolute atomic E-state index is 0.258. The summed E-state index contributed by atoms with van der Waals surface area (Å²) >= 11 is 1.47. The smallest absolute Gasteiger partial charge is 0.255 e. The molecule has 1 aromatic carbocycles. The molecule has 0 aliphatic carbocycles. The molecule has 0 atom stereocenters. The van der Waals surface area contributed by atoms with E-state index in [2.05, 4.69) is 22.0 Å². The molecule has 144 valence electrons. The molecule has 3 N–H and O–H groups in total. The number of carbonyl (C=O) groups excluding carboxylic acids is 2. The number of nitrogens with two attached hydrogens (primary N) is 1. The van der Waals surface area contributed by atoms with E-state index in [0.717, 1.165) is 28.1 Å². The first-order chi connectivity index (χ1) is 13.5. The molecule has 3 aromatic rings. The van der Waals surface area contributed by atoms with Crippen LogP contribution in [0.4, 0.5) is 5.69 Å². The fourth-order valence-corrected chi connectivity index (χ4v) is 3.72. The van der Waals surface area contributed by atoms with Crippen LogP contribution in [0, 0.1) is 13.8 Å². The normalized spacial score (nSPS) is 10.8. The summed E-state index contributed by atoms with van der Waals surface area (Å²) in [6.45, 7) is 7.53. The zero-order valence-corrected chi connectivity index (χ0v) is 16.5. The molecule has 7 nitrogen and oxygen atoms in total. The van der Waals surface area contributed by atoms with Gasteiger partial charge in [-0.2, -0.15) is 0 Å². The van der Waals surface area contributed by atoms with Gasteiger partial charge < -0.3 is 11.1 Å². The monoisotopic (exact) mass is 395 g/mol. The molecule has 0 aliphatic heterocycles. The van der Waals surface area contributed by atoms with Gasteiger partial charge in [0.1, 0.15) is 5.69 Å². The van der Waals surface area contributed by atoms with Crippen LogP contribution in [0.3, 0.4) is 0 Å². The molecule has 0 aliphatic rings. The highest BCUT2D eigenvalue weighted by Crippen LogP contribution is 2.29. The highest BCUT2D eigenvalue weighted by atomic mass is 32.2. The van der Waals surface area contributed by atoms with Crippen molar-refractivity contribution in [3.63, 3.8) is 0 Å². The van der Waals surface area contributed by atoms with Crippen LogP contribution in [0.1, 0.15) is 37.8 Å². The number of fused-ring (bicyclic) bond motifs is 1. The van der Waals surface area contributed by atoms with E-state index in [1.54, 1.807) is 23.5 Å². The first-order valence-corrected chi connectivity index (χ1v) is 9.63. The van der Waals surface area contributed by atoms with Crippen LogP contribution >= 0.6 is 11.8 Å². The van der Waals surface area contributed by atoms with E-state index in [1.807, 2.05) is 25.1 Å². The molecule has 28 heavy (non-hydrogen) atoms. The molecule has 3 rings (SSSR count). The number of benzene rings is 1. The summed E-state index contributed by atoms with van der Waals surface area (Å²) in [5, 5.41) is 2.91. The van der Waals surface area contributed by atoms with Gasteiger partial charge in [0.05, 0.1) is 16.9 Å². The largest absolute Gasteiger partial charge is 0.348 e. The standard InChI is InChI=1S/C20H21N5O2S/c1-12-4-6-15(19-24-13(2)17(10-26)25(12)19)20(27)23-9-14-5-7-16(22-3)18(8-14)28-11-21/h4-8,10H,3,9,11,21H2,1-2H3,(H,23,27). The Morgan fingerprint density at radius 3 is 2.82 bits per heavy atom. The molecule has 0 bridgehead atoms. The molecular formula is C20H21N5O2S. The number of aliphatic imine (C=N–C) groups is 1. The van der Waals surface area contributed by atoms with Crippen molar-refractivity contribution in [1.29, 1.82) is 0 Å². The van der Waals surface area contributed by atoms with Crippen LogP contribution in [0.5, 0.6) is 0 Å². The van der Waals surface area contributed by atoms with Crippen molar-refractivity contribution < 1.29 is 9.59 Å². The summed E-state index contributed by atoms with van der Waals surface area (Å²) in [7, 11) is 0. The summed E-state index contributed by atoms with van der Waals surface area (Å²) in [5.74, 6) is 0.171. The van der Waals surface area contributed by atoms with Gasteiger partial charge in [-0.3, -0.25) is 19.0 Å². The van der Waals surface area contributed by atoms with Gasteiger partial charge in [0, 0.05) is 23.0 Å². The molecule has 0 fully saturated rings. The van der Waals surface area contributed by atoms with Crippen molar-refractivity contribution >= 4 is 42.0 Å². The van der Waals surface area contributed by atoms with Gasteiger partial charge in [0.15, 0.2) is 11.9 Å². The first-order valence-electron chi connectivity index (χ1n) is 8.64. The number of hydrogen-bond donors (Lipinski definition) is 2. The van der Waals surface area contributed by atoms with Crippen molar-refractivity contribution in [2.75, 3.05) is 5.88 Å². The lowest BCUT2D eigenvalue weighted by Gasteiger charge is -2.10. The van der Waals surface area contributed by atoms with Gasteiger partial charge in [0.2, 0.25) is 0 Å². The Kier molecular flexibility index (Phi) is 5.91. The molecule has 0 saturated carbocycles. The fraction of sp³-hybridized carbons (Fsp3) is 0.200. The van der Waals surface area contributed by atoms with E-state index in [9.17, 15) is 9.59 Å². The number of hydrogen-bond acceptors (Lipinski definition) is 6. The summed E-state index contributed by atoms with van der Waals surface area (Å²) in [4.78, 5) is 33.5. The van der Waals surface area contributed by atoms with Gasteiger partial charge in [0.25, 0.3) is 5.91 Å². The van der Waals surface area contributed by atoms with Crippen molar-refractivity contribution in [3.05, 3.63) is 58.5 Å². The number of aromatic nitrogens is 2. The summed E-state index contributed by atoms with van der Waals surface area (Å²) < 4.78 is 1.71. The van der Waals surface area contributed by atoms with Crippen molar-refractivity contribution in [1.82, 2.24) is 14.7 Å². The Morgan fingerprint density at radius 1 is 1.36 bits per heavy atom. The van der Waals surface area contributed by atoms with Gasteiger partial charge in [-0.25, -0.2) is 4.98 Å². The number of nitrogens with zero attached hydrogens (tertiary/aromatic N) is 3. The minimum atomic E-state index is -0.258. The number of aldehydes is 1. The lowest BCUT2D eigenvalue weighted by molar-refractivity contribution is 0.0951. The van der Waals surface area contributed by atoms with Crippen molar-refractivity contribution in [2.24, 2.45) is 10.7 Å². The van der Waals surface area contributed by atoms with E-state index >= 15 is 0 Å². The number of amides is 1. The number of nitrogens with one attached hydrogen (secondary N) is 1. The number of carbonyl (C=O) groups is 2. The van der Waals surface area contributed by atoms with E-state index in [1.165, 1.54) is 11.8 Å². The Morgan fingerprint density at radius 2 is 2.14 bits per heavy atom. The molecule has 0 unspecified atom stereocenters. The predicted octanol–water partition coefficient (Wildman–Crippen LogP) is 3.03. The highest BCUT2D eigenvalue weighted by Gasteiger charge is 2.17. The maximum absolute atomic E-state index is 12.8. The Bertz CT molecular complexity index is 1070. The second-order valence-electron chi connectivity index (χ2n) is 6.20. The van der Waals surface area contributed by atoms with E-state index in [4.69, 9.17) is 5.73 Å². The Hall–Kier alpha value is -2.97. The van der Waals surface area contributed by atoms with Crippen molar-refractivity contribution in [3.8, 4) is 0 Å². The van der Waals surface area contributed by atoms with E-state index in [0.29, 0.717) is 35.0 Å². The average molecular weight is 395 g/mol. The van der Waals surface area contributed by atoms with Crippen LogP contribution in [0.25, 0.3) is 5.65 Å². The fourth-order valence-electron chi connectivity index (χ4n) is 3.03. The van der Waals surface area contributed by atoms with Crippen LogP contribution in [-0.4, -0.2) is 34.2 Å². The van der Waals surface area contributed by atoms with E-state index < -0.39 is 0 Å². The maximum atomic E-state index is 12.8. The van der Waals surface area contributed by atoms with Gasteiger partial charge >= 0.3 is 0 Å². The van der Waals surface area contributed by atoms with Crippen LogP contribution < -0.4 is 11.1 Å². The molecule has 1 amide bonds. The van der Waals surface area contributed by atoms with Crippen LogP contribution in [-0.2, 0) is 6.54 Å². The van der Waals surface area contributed by atoms with Crippen LogP contribution in [0.15, 0.2) is 40.2 Å². The first kappa shape index (κ1) is 19.8. The van der Waals surface area contributed by atoms with Crippen LogP contribution in [0.2, 0.25) is 0 Å². The predicted molar refractivity (Wildman–Crippen MR) is 112 cm³/mol. The maximum Gasteiger partial charge on any atom is 0.255 e. The highest BCUT2D eigenvalue weighted by molar-refractivity contribution is 7.99. The molecule has 0 saturated heterocycles.